The molecule has 1 aromatic heterocycles. The van der Waals surface area contributed by atoms with Crippen LogP contribution in [0, 0.1) is 0 Å². The molecule has 9 nitrogen and oxygen atoms in total. The van der Waals surface area contributed by atoms with Gasteiger partial charge >= 0.3 is 12.3 Å². The fourth-order valence-electron chi connectivity index (χ4n) is 3.71. The summed E-state index contributed by atoms with van der Waals surface area (Å²) in [5, 5.41) is 6.64. The maximum atomic E-state index is 13.7. The van der Waals surface area contributed by atoms with Crippen molar-refractivity contribution in [2.24, 2.45) is 0 Å². The molecule has 4 rings (SSSR count). The topological polar surface area (TPSA) is 103 Å². The van der Waals surface area contributed by atoms with Gasteiger partial charge in [-0.1, -0.05) is 6.07 Å². The molecule has 1 atom stereocenters. The summed E-state index contributed by atoms with van der Waals surface area (Å²) in [4.78, 5) is 11.7. The van der Waals surface area contributed by atoms with Gasteiger partial charge in [-0.2, -0.15) is 18.3 Å². The van der Waals surface area contributed by atoms with Crippen molar-refractivity contribution in [2.75, 3.05) is 16.2 Å². The van der Waals surface area contributed by atoms with Crippen molar-refractivity contribution in [3.8, 4) is 5.75 Å². The summed E-state index contributed by atoms with van der Waals surface area (Å²) in [7, 11) is -4.46. The third kappa shape index (κ3) is 6.16. The Hall–Kier alpha value is -3.74. The summed E-state index contributed by atoms with van der Waals surface area (Å²) in [5.74, 6) is 0.175. The standard InChI is InChI=1S/C24H25F3N4O5S/c1-23(2,3)36-22(32)29-17-8-9-21-20(13-17)31(15-18(35-21)14-30-11-5-10-28-30)37(33,34)19-7-4-6-16(12-19)24(25,26)27/h4-13,18H,14-15H2,1-3H3,(H,29,32)/t18-/m0/s1. The van der Waals surface area contributed by atoms with Crippen molar-refractivity contribution in [1.82, 2.24) is 9.78 Å². The van der Waals surface area contributed by atoms with E-state index in [-0.39, 0.29) is 30.2 Å². The number of anilines is 2. The molecule has 0 fully saturated rings. The van der Waals surface area contributed by atoms with Gasteiger partial charge in [0.1, 0.15) is 17.5 Å². The number of alkyl halides is 3. The number of benzene rings is 2. The average molecular weight is 539 g/mol. The van der Waals surface area contributed by atoms with E-state index in [1.165, 1.54) is 18.2 Å². The molecular weight excluding hydrogens is 513 g/mol. The van der Waals surface area contributed by atoms with Gasteiger partial charge in [-0.3, -0.25) is 14.3 Å². The second-order valence-electron chi connectivity index (χ2n) is 9.34. The molecule has 198 valence electrons. The van der Waals surface area contributed by atoms with E-state index < -0.39 is 44.5 Å². The number of aromatic nitrogens is 2. The van der Waals surface area contributed by atoms with Crippen molar-refractivity contribution >= 4 is 27.5 Å². The van der Waals surface area contributed by atoms with Gasteiger partial charge in [-0.25, -0.2) is 13.2 Å². The van der Waals surface area contributed by atoms with Crippen LogP contribution in [-0.2, 0) is 27.5 Å². The van der Waals surface area contributed by atoms with Gasteiger partial charge in [-0.15, -0.1) is 0 Å². The Morgan fingerprint density at radius 1 is 1.16 bits per heavy atom. The van der Waals surface area contributed by atoms with Crippen LogP contribution in [0.5, 0.6) is 5.75 Å². The van der Waals surface area contributed by atoms with Crippen molar-refractivity contribution in [3.05, 3.63) is 66.5 Å². The van der Waals surface area contributed by atoms with E-state index in [0.717, 1.165) is 22.5 Å². The van der Waals surface area contributed by atoms with E-state index in [2.05, 4.69) is 10.4 Å². The number of rotatable bonds is 5. The molecule has 2 heterocycles. The van der Waals surface area contributed by atoms with Gasteiger partial charge in [0.2, 0.25) is 0 Å². The van der Waals surface area contributed by atoms with E-state index in [9.17, 15) is 26.4 Å². The Bertz CT molecular complexity index is 1390. The lowest BCUT2D eigenvalue weighted by atomic mass is 10.2. The number of carbonyl (C=O) groups is 1. The normalized spacial score (nSPS) is 16.1. The highest BCUT2D eigenvalue weighted by molar-refractivity contribution is 7.92. The predicted octanol–water partition coefficient (Wildman–Crippen LogP) is 4.91. The number of ether oxygens (including phenoxy) is 2. The zero-order valence-electron chi connectivity index (χ0n) is 20.2. The zero-order valence-corrected chi connectivity index (χ0v) is 21.0. The Morgan fingerprint density at radius 3 is 2.57 bits per heavy atom. The van der Waals surface area contributed by atoms with Gasteiger partial charge in [0.05, 0.1) is 29.2 Å². The lowest BCUT2D eigenvalue weighted by Gasteiger charge is -2.35. The van der Waals surface area contributed by atoms with Gasteiger partial charge < -0.3 is 9.47 Å². The first-order chi connectivity index (χ1) is 17.2. The molecule has 37 heavy (non-hydrogen) atoms. The lowest BCUT2D eigenvalue weighted by molar-refractivity contribution is -0.137. The number of amides is 1. The minimum Gasteiger partial charge on any atom is -0.484 e. The van der Waals surface area contributed by atoms with Gasteiger partial charge in [-0.05, 0) is 63.2 Å². The van der Waals surface area contributed by atoms with E-state index in [1.54, 1.807) is 43.9 Å². The first-order valence-corrected chi connectivity index (χ1v) is 12.6. The van der Waals surface area contributed by atoms with Crippen LogP contribution in [0.15, 0.2) is 65.8 Å². The zero-order chi connectivity index (χ0) is 27.0. The quantitative estimate of drug-likeness (QED) is 0.496. The number of carbonyl (C=O) groups excluding carboxylic acids is 1. The first-order valence-electron chi connectivity index (χ1n) is 11.2. The van der Waals surface area contributed by atoms with Crippen LogP contribution in [-0.4, -0.2) is 42.5 Å². The van der Waals surface area contributed by atoms with Gasteiger partial charge in [0.15, 0.2) is 0 Å². The second kappa shape index (κ2) is 9.61. The highest BCUT2D eigenvalue weighted by Gasteiger charge is 2.37. The molecule has 0 aliphatic carbocycles. The summed E-state index contributed by atoms with van der Waals surface area (Å²) in [5.41, 5.74) is -1.58. The number of hydrogen-bond donors (Lipinski definition) is 1. The molecular formula is C24H25F3N4O5S. The molecule has 0 unspecified atom stereocenters. The number of nitrogens with zero attached hydrogens (tertiary/aromatic N) is 3. The third-order valence-electron chi connectivity index (χ3n) is 5.24. The molecule has 13 heteroatoms. The van der Waals surface area contributed by atoms with E-state index >= 15 is 0 Å². The highest BCUT2D eigenvalue weighted by Crippen LogP contribution is 2.40. The second-order valence-corrected chi connectivity index (χ2v) is 11.2. The van der Waals surface area contributed by atoms with Crippen LogP contribution in [0.3, 0.4) is 0 Å². The van der Waals surface area contributed by atoms with Gasteiger partial charge in [0.25, 0.3) is 10.0 Å². The van der Waals surface area contributed by atoms with Crippen LogP contribution >= 0.6 is 0 Å². The number of sulfonamides is 1. The Labute approximate surface area is 211 Å². The van der Waals surface area contributed by atoms with Crippen LogP contribution in [0.4, 0.5) is 29.3 Å². The Balaban J connectivity index is 1.73. The fourth-order valence-corrected chi connectivity index (χ4v) is 5.26. The number of fused-ring (bicyclic) bond motifs is 1. The fraction of sp³-hybridized carbons (Fsp3) is 0.333. The summed E-state index contributed by atoms with van der Waals surface area (Å²) in [6, 6.07) is 9.59. The molecule has 0 radical (unpaired) electrons. The van der Waals surface area contributed by atoms with Crippen LogP contribution in [0.1, 0.15) is 26.3 Å². The van der Waals surface area contributed by atoms with Crippen LogP contribution in [0.2, 0.25) is 0 Å². The SMILES string of the molecule is CC(C)(C)OC(=O)Nc1ccc2c(c1)N(S(=O)(=O)c1cccc(C(F)(F)F)c1)C[C@H](Cn1cccn1)O2. The summed E-state index contributed by atoms with van der Waals surface area (Å²) in [6.07, 6.45) is -2.94. The predicted molar refractivity (Wildman–Crippen MR) is 129 cm³/mol. The molecule has 0 bridgehead atoms. The molecule has 1 aliphatic rings. The van der Waals surface area contributed by atoms with Gasteiger partial charge in [0, 0.05) is 18.1 Å². The molecule has 1 N–H and O–H groups in total. The van der Waals surface area contributed by atoms with E-state index in [4.69, 9.17) is 9.47 Å². The number of hydrogen-bond acceptors (Lipinski definition) is 6. The minimum atomic E-state index is -4.72. The van der Waals surface area contributed by atoms with E-state index in [1.807, 2.05) is 0 Å². The molecule has 0 saturated heterocycles. The molecule has 0 saturated carbocycles. The molecule has 1 amide bonds. The summed E-state index contributed by atoms with van der Waals surface area (Å²) in [6.45, 7) is 5.06. The summed E-state index contributed by atoms with van der Waals surface area (Å²) < 4.78 is 81.0. The lowest BCUT2D eigenvalue weighted by Crippen LogP contribution is -2.45. The minimum absolute atomic E-state index is 0.0580. The molecule has 3 aromatic rings. The Kier molecular flexibility index (Phi) is 6.84. The maximum Gasteiger partial charge on any atom is 0.416 e. The van der Waals surface area contributed by atoms with E-state index in [0.29, 0.717) is 6.07 Å². The van der Waals surface area contributed by atoms with Crippen LogP contribution < -0.4 is 14.4 Å². The third-order valence-corrected chi connectivity index (χ3v) is 7.01. The van der Waals surface area contributed by atoms with Crippen molar-refractivity contribution in [1.29, 1.82) is 0 Å². The number of nitrogens with one attached hydrogen (secondary N) is 1. The largest absolute Gasteiger partial charge is 0.484 e. The highest BCUT2D eigenvalue weighted by atomic mass is 32.2. The first kappa shape index (κ1) is 26.3. The van der Waals surface area contributed by atoms with Crippen molar-refractivity contribution < 1.29 is 35.9 Å². The van der Waals surface area contributed by atoms with Crippen molar-refractivity contribution in [3.63, 3.8) is 0 Å². The van der Waals surface area contributed by atoms with Crippen molar-refractivity contribution in [2.45, 2.75) is 50.1 Å². The molecule has 2 aromatic carbocycles. The smallest absolute Gasteiger partial charge is 0.416 e. The van der Waals surface area contributed by atoms with Crippen LogP contribution in [0.25, 0.3) is 0 Å². The number of halogens is 3. The molecule has 1 aliphatic heterocycles. The Morgan fingerprint density at radius 2 is 1.92 bits per heavy atom. The monoisotopic (exact) mass is 538 g/mol. The summed E-state index contributed by atoms with van der Waals surface area (Å²) >= 11 is 0. The average Bonchev–Trinajstić information content (AvgIpc) is 3.30. The maximum absolute atomic E-state index is 13.7. The molecule has 0 spiro atoms.